The van der Waals surface area contributed by atoms with Gasteiger partial charge in [0.15, 0.2) is 18.8 Å². The Hall–Kier alpha value is -2.86. The van der Waals surface area contributed by atoms with E-state index < -0.39 is 128 Å². The van der Waals surface area contributed by atoms with E-state index in [0.717, 1.165) is 93.9 Å². The Morgan fingerprint density at radius 3 is 1.60 bits per heavy atom. The molecule has 1 aromatic rings. The number of amides is 2. The average Bonchev–Trinajstić information content (AvgIpc) is 3.55. The van der Waals surface area contributed by atoms with Crippen LogP contribution in [0.15, 0.2) is 21.9 Å². The smallest absolute Gasteiger partial charge is 0.330 e. The fraction of sp³-hybridized carbons (Fsp3) is 0.860. The van der Waals surface area contributed by atoms with E-state index in [1.54, 1.807) is 0 Å². The fourth-order valence-corrected chi connectivity index (χ4v) is 8.47. The van der Waals surface area contributed by atoms with Crippen LogP contribution in [-0.2, 0) is 28.5 Å². The maximum atomic E-state index is 13.3. The van der Waals surface area contributed by atoms with Gasteiger partial charge in [0, 0.05) is 31.5 Å². The summed E-state index contributed by atoms with van der Waals surface area (Å²) in [5, 5.41) is 93.2. The van der Waals surface area contributed by atoms with Gasteiger partial charge in [0.05, 0.1) is 18.8 Å². The minimum atomic E-state index is -1.82. The molecule has 0 unspecified atom stereocenters. The lowest BCUT2D eigenvalue weighted by Gasteiger charge is -2.47. The molecule has 4 heterocycles. The summed E-state index contributed by atoms with van der Waals surface area (Å²) in [6.07, 6.45) is -5.23. The van der Waals surface area contributed by atoms with Crippen molar-refractivity contribution in [2.45, 2.75) is 228 Å². The number of unbranched alkanes of at least 4 members (excludes halogenated alkanes) is 14. The molecule has 0 saturated carbocycles. The quantitative estimate of drug-likeness (QED) is 0.0511. The molecule has 0 radical (unpaired) electrons. The summed E-state index contributed by atoms with van der Waals surface area (Å²) >= 11 is 0. The number of rotatable bonds is 27. The first kappa shape index (κ1) is 52.8. The number of aromatic amines is 1. The monoisotopic (exact) mass is 903 g/mol. The average molecular weight is 903 g/mol. The molecule has 15 atom stereocenters. The zero-order valence-corrected chi connectivity index (χ0v) is 36.7. The number of hydrogen-bond donors (Lipinski definition) is 11. The van der Waals surface area contributed by atoms with Gasteiger partial charge in [-0.15, -0.1) is 0 Å². The standard InChI is InChI=1S/C43H74N4O16/c1-3-5-7-9-11-13-15-17-19-28(50)44-31-35(55)33(53)26(23-25(49)39-37(57)38(58)40(62-39)47-22-21-30(52)46-43(47)59)60-41(31)63-42-32(36(56)34(54)27(24-48)61-42)45-29(51)20-18-16-14-12-10-8-6-4-2/h21-22,25-27,31-42,48-49,53-58H,3-20,23-24H2,1-2H3,(H,44,50)(H,45,51)(H,46,52,59)/t25-,26-,27-,31-,32-,33+,34-,35-,36-,37+,38-,39+,40-,41+,42-/m1/s1. The Bertz CT molecular complexity index is 1620. The minimum absolute atomic E-state index is 0.0662. The zero-order valence-electron chi connectivity index (χ0n) is 36.7. The highest BCUT2D eigenvalue weighted by Crippen LogP contribution is 2.34. The second kappa shape index (κ2) is 26.9. The Morgan fingerprint density at radius 1 is 0.667 bits per heavy atom. The van der Waals surface area contributed by atoms with Gasteiger partial charge in [-0.2, -0.15) is 0 Å². The highest BCUT2D eigenvalue weighted by atomic mass is 16.8. The summed E-state index contributed by atoms with van der Waals surface area (Å²) in [4.78, 5) is 52.6. The molecule has 3 fully saturated rings. The van der Waals surface area contributed by atoms with Gasteiger partial charge in [-0.05, 0) is 12.8 Å². The summed E-state index contributed by atoms with van der Waals surface area (Å²) in [6.45, 7) is 3.52. The van der Waals surface area contributed by atoms with Crippen LogP contribution in [0.2, 0.25) is 0 Å². The van der Waals surface area contributed by atoms with E-state index in [0.29, 0.717) is 12.8 Å². The molecular weight excluding hydrogens is 828 g/mol. The number of nitrogens with zero attached hydrogens (tertiary/aromatic N) is 1. The lowest BCUT2D eigenvalue weighted by molar-refractivity contribution is -0.347. The molecule has 63 heavy (non-hydrogen) atoms. The highest BCUT2D eigenvalue weighted by molar-refractivity contribution is 5.76. The number of carbonyl (C=O) groups excluding carboxylic acids is 2. The number of ether oxygens (including phenoxy) is 4. The van der Waals surface area contributed by atoms with E-state index in [2.05, 4.69) is 24.5 Å². The SMILES string of the molecule is CCCCCCCCCCC(=O)N[C@H]1[C@H](O[C@H]2O[C@H](CO)[C@@H](O)[C@H](O)[C@H]2NC(=O)CCCCCCCCCC)O[C@H](C[C@@H](O)[C@@H]2O[C@@H](n3ccc(=O)[nH]c3=O)[C@H](O)[C@@H]2O)[C@H](O)[C@@H]1O. The third kappa shape index (κ3) is 15.4. The third-order valence-corrected chi connectivity index (χ3v) is 12.3. The lowest BCUT2D eigenvalue weighted by atomic mass is 9.91. The van der Waals surface area contributed by atoms with Gasteiger partial charge in [0.1, 0.15) is 60.9 Å². The summed E-state index contributed by atoms with van der Waals surface area (Å²) in [6, 6.07) is -1.93. The van der Waals surface area contributed by atoms with Gasteiger partial charge >= 0.3 is 5.69 Å². The molecule has 362 valence electrons. The summed E-state index contributed by atoms with van der Waals surface area (Å²) in [5.41, 5.74) is -1.67. The number of aliphatic hydroxyl groups is 8. The van der Waals surface area contributed by atoms with Crippen LogP contribution in [-0.4, -0.2) is 155 Å². The van der Waals surface area contributed by atoms with Crippen LogP contribution in [0.5, 0.6) is 0 Å². The predicted molar refractivity (Wildman–Crippen MR) is 226 cm³/mol. The largest absolute Gasteiger partial charge is 0.394 e. The van der Waals surface area contributed by atoms with E-state index in [4.69, 9.17) is 18.9 Å². The van der Waals surface area contributed by atoms with Crippen LogP contribution in [0.4, 0.5) is 0 Å². The third-order valence-electron chi connectivity index (χ3n) is 12.3. The molecule has 0 spiro atoms. The van der Waals surface area contributed by atoms with Crippen LogP contribution in [0.1, 0.15) is 142 Å². The normalized spacial score (nSPS) is 32.7. The summed E-state index contributed by atoms with van der Waals surface area (Å²) in [5.74, 6) is -0.982. The first-order valence-electron chi connectivity index (χ1n) is 23.1. The first-order valence-corrected chi connectivity index (χ1v) is 23.1. The van der Waals surface area contributed by atoms with Gasteiger partial charge in [-0.3, -0.25) is 23.9 Å². The Morgan fingerprint density at radius 2 is 1.13 bits per heavy atom. The second-order valence-electron chi connectivity index (χ2n) is 17.3. The van der Waals surface area contributed by atoms with Gasteiger partial charge in [0.25, 0.3) is 5.56 Å². The molecule has 1 aromatic heterocycles. The van der Waals surface area contributed by atoms with E-state index >= 15 is 0 Å². The molecule has 20 nitrogen and oxygen atoms in total. The van der Waals surface area contributed by atoms with Gasteiger partial charge in [-0.25, -0.2) is 4.79 Å². The van der Waals surface area contributed by atoms with Gasteiger partial charge in [0.2, 0.25) is 11.8 Å². The van der Waals surface area contributed by atoms with Crippen molar-refractivity contribution < 1.29 is 69.4 Å². The maximum Gasteiger partial charge on any atom is 0.330 e. The zero-order chi connectivity index (χ0) is 46.1. The Kier molecular flexibility index (Phi) is 22.6. The second-order valence-corrected chi connectivity index (χ2v) is 17.3. The molecule has 4 rings (SSSR count). The molecule has 11 N–H and O–H groups in total. The molecule has 20 heteroatoms. The van der Waals surface area contributed by atoms with E-state index in [1.165, 1.54) is 12.8 Å². The molecule has 3 saturated heterocycles. The van der Waals surface area contributed by atoms with Crippen LogP contribution < -0.4 is 21.9 Å². The Balaban J connectivity index is 1.50. The van der Waals surface area contributed by atoms with Crippen LogP contribution in [0, 0.1) is 0 Å². The molecule has 0 aromatic carbocycles. The fourth-order valence-electron chi connectivity index (χ4n) is 8.47. The van der Waals surface area contributed by atoms with Crippen LogP contribution in [0.3, 0.4) is 0 Å². The van der Waals surface area contributed by atoms with Gasteiger partial charge in [-0.1, -0.05) is 104 Å². The predicted octanol–water partition coefficient (Wildman–Crippen LogP) is -0.160. The van der Waals surface area contributed by atoms with E-state index in [1.807, 2.05) is 4.98 Å². The minimum Gasteiger partial charge on any atom is -0.394 e. The van der Waals surface area contributed by atoms with Gasteiger partial charge < -0.3 is 70.4 Å². The molecule has 0 aliphatic carbocycles. The lowest BCUT2D eigenvalue weighted by Crippen LogP contribution is -2.69. The van der Waals surface area contributed by atoms with Crippen molar-refractivity contribution in [2.24, 2.45) is 0 Å². The van der Waals surface area contributed by atoms with Crippen molar-refractivity contribution >= 4 is 11.8 Å². The number of hydrogen-bond acceptors (Lipinski definition) is 16. The summed E-state index contributed by atoms with van der Waals surface area (Å²) in [7, 11) is 0. The van der Waals surface area contributed by atoms with Crippen LogP contribution >= 0.6 is 0 Å². The van der Waals surface area contributed by atoms with Crippen molar-refractivity contribution in [2.75, 3.05) is 6.61 Å². The first-order chi connectivity index (χ1) is 30.2. The molecule has 2 amide bonds. The molecule has 3 aliphatic rings. The van der Waals surface area contributed by atoms with E-state index in [9.17, 15) is 60.0 Å². The van der Waals surface area contributed by atoms with E-state index in [-0.39, 0.29) is 12.8 Å². The highest BCUT2D eigenvalue weighted by Gasteiger charge is 2.53. The number of aliphatic hydroxyl groups excluding tert-OH is 8. The van der Waals surface area contributed by atoms with Crippen molar-refractivity contribution in [1.82, 2.24) is 20.2 Å². The number of aromatic nitrogens is 2. The van der Waals surface area contributed by atoms with Crippen molar-refractivity contribution in [3.8, 4) is 0 Å². The van der Waals surface area contributed by atoms with Crippen molar-refractivity contribution in [3.05, 3.63) is 33.1 Å². The van der Waals surface area contributed by atoms with Crippen LogP contribution in [0.25, 0.3) is 0 Å². The topological polar surface area (TPSA) is 312 Å². The number of nitrogens with one attached hydrogen (secondary N) is 3. The Labute approximate surface area is 368 Å². The maximum absolute atomic E-state index is 13.3. The summed E-state index contributed by atoms with van der Waals surface area (Å²) < 4.78 is 24.7. The number of H-pyrrole nitrogens is 1. The molecular formula is C43H74N4O16. The van der Waals surface area contributed by atoms with Crippen molar-refractivity contribution in [1.29, 1.82) is 0 Å². The molecule has 0 bridgehead atoms. The number of carbonyl (C=O) groups is 2. The van der Waals surface area contributed by atoms with Crippen molar-refractivity contribution in [3.63, 3.8) is 0 Å². The molecule has 3 aliphatic heterocycles.